The van der Waals surface area contributed by atoms with Gasteiger partial charge >= 0.3 is 6.18 Å². The molecule has 3 aromatic rings. The highest BCUT2D eigenvalue weighted by Gasteiger charge is 2.30. The molecule has 0 unspecified atom stereocenters. The Balaban J connectivity index is 2.09. The standard InChI is InChI=1S/C17H12F3N3/c18-17(19,20)14-8-6-13(7-9-14)16-15(10-23(11-21)22-16)12-4-2-1-3-5-12/h1-11,21H. The van der Waals surface area contributed by atoms with Crippen molar-refractivity contribution in [2.45, 2.75) is 6.18 Å². The largest absolute Gasteiger partial charge is 0.416 e. The molecule has 1 aromatic heterocycles. The summed E-state index contributed by atoms with van der Waals surface area (Å²) in [7, 11) is 0. The van der Waals surface area contributed by atoms with Crippen LogP contribution in [0.15, 0.2) is 60.8 Å². The molecular formula is C17H12F3N3. The van der Waals surface area contributed by atoms with Crippen LogP contribution in [0, 0.1) is 5.41 Å². The van der Waals surface area contributed by atoms with E-state index in [-0.39, 0.29) is 0 Å². The molecule has 6 heteroatoms. The molecule has 0 aliphatic carbocycles. The van der Waals surface area contributed by atoms with Crippen molar-refractivity contribution in [2.75, 3.05) is 0 Å². The van der Waals surface area contributed by atoms with E-state index in [2.05, 4.69) is 5.10 Å². The van der Waals surface area contributed by atoms with Crippen molar-refractivity contribution in [3.05, 3.63) is 66.4 Å². The summed E-state index contributed by atoms with van der Waals surface area (Å²) in [5.41, 5.74) is 2.05. The van der Waals surface area contributed by atoms with E-state index in [1.165, 1.54) is 16.8 Å². The molecule has 23 heavy (non-hydrogen) atoms. The lowest BCUT2D eigenvalue weighted by Gasteiger charge is -2.07. The summed E-state index contributed by atoms with van der Waals surface area (Å²) in [4.78, 5) is 0. The van der Waals surface area contributed by atoms with Crippen molar-refractivity contribution in [3.63, 3.8) is 0 Å². The molecule has 1 N–H and O–H groups in total. The number of nitrogens with zero attached hydrogens (tertiary/aromatic N) is 2. The number of aromatic nitrogens is 2. The molecule has 1 heterocycles. The molecule has 0 atom stereocenters. The minimum absolute atomic E-state index is 0.536. The molecule has 2 aromatic carbocycles. The Labute approximate surface area is 130 Å². The summed E-state index contributed by atoms with van der Waals surface area (Å²) in [6.07, 6.45) is -1.65. The number of hydrogen-bond donors (Lipinski definition) is 1. The van der Waals surface area contributed by atoms with Gasteiger partial charge in [-0.2, -0.15) is 18.3 Å². The zero-order valence-electron chi connectivity index (χ0n) is 11.9. The van der Waals surface area contributed by atoms with Gasteiger partial charge in [0.15, 0.2) is 0 Å². The average molecular weight is 315 g/mol. The van der Waals surface area contributed by atoms with Crippen LogP contribution < -0.4 is 0 Å². The van der Waals surface area contributed by atoms with Gasteiger partial charge in [0.1, 0.15) is 12.0 Å². The van der Waals surface area contributed by atoms with Gasteiger partial charge in [-0.25, -0.2) is 4.68 Å². The van der Waals surface area contributed by atoms with Gasteiger partial charge in [0.25, 0.3) is 0 Å². The SMILES string of the molecule is N=Cn1cc(-c2ccccc2)c(-c2ccc(C(F)(F)F)cc2)n1. The molecule has 3 rings (SSSR count). The van der Waals surface area contributed by atoms with Gasteiger partial charge in [-0.3, -0.25) is 5.41 Å². The van der Waals surface area contributed by atoms with Crippen LogP contribution in [0.5, 0.6) is 0 Å². The molecular weight excluding hydrogens is 303 g/mol. The molecule has 0 radical (unpaired) electrons. The fourth-order valence-electron chi connectivity index (χ4n) is 2.32. The van der Waals surface area contributed by atoms with E-state index in [9.17, 15) is 13.2 Å². The zero-order valence-corrected chi connectivity index (χ0v) is 11.9. The van der Waals surface area contributed by atoms with Gasteiger partial charge < -0.3 is 0 Å². The maximum atomic E-state index is 12.7. The predicted octanol–water partition coefficient (Wildman–Crippen LogP) is 4.69. The average Bonchev–Trinajstić information content (AvgIpc) is 2.99. The second kappa shape index (κ2) is 5.72. The van der Waals surface area contributed by atoms with Gasteiger partial charge in [0.2, 0.25) is 0 Å². The van der Waals surface area contributed by atoms with Crippen LogP contribution >= 0.6 is 0 Å². The van der Waals surface area contributed by atoms with Crippen LogP contribution in [0.2, 0.25) is 0 Å². The van der Waals surface area contributed by atoms with E-state index in [1.54, 1.807) is 6.20 Å². The van der Waals surface area contributed by atoms with Crippen molar-refractivity contribution >= 4 is 6.34 Å². The minimum Gasteiger partial charge on any atom is -0.289 e. The number of benzene rings is 2. The lowest BCUT2D eigenvalue weighted by atomic mass is 10.0. The summed E-state index contributed by atoms with van der Waals surface area (Å²) in [6.45, 7) is 0. The van der Waals surface area contributed by atoms with Crippen LogP contribution in [0.4, 0.5) is 13.2 Å². The Morgan fingerprint density at radius 2 is 1.57 bits per heavy atom. The van der Waals surface area contributed by atoms with E-state index in [4.69, 9.17) is 5.41 Å². The summed E-state index contributed by atoms with van der Waals surface area (Å²) in [5.74, 6) is 0. The molecule has 0 amide bonds. The first kappa shape index (κ1) is 15.0. The monoisotopic (exact) mass is 315 g/mol. The highest BCUT2D eigenvalue weighted by atomic mass is 19.4. The van der Waals surface area contributed by atoms with E-state index in [0.717, 1.165) is 29.6 Å². The van der Waals surface area contributed by atoms with Crippen molar-refractivity contribution in [3.8, 4) is 22.4 Å². The highest BCUT2D eigenvalue weighted by Crippen LogP contribution is 2.34. The Kier molecular flexibility index (Phi) is 3.73. The van der Waals surface area contributed by atoms with Crippen molar-refractivity contribution in [2.24, 2.45) is 0 Å². The number of halogens is 3. The molecule has 0 saturated carbocycles. The lowest BCUT2D eigenvalue weighted by Crippen LogP contribution is -2.04. The van der Waals surface area contributed by atoms with Crippen LogP contribution in [0.1, 0.15) is 5.56 Å². The molecule has 3 nitrogen and oxygen atoms in total. The normalized spacial score (nSPS) is 11.4. The van der Waals surface area contributed by atoms with Crippen LogP contribution in [-0.2, 0) is 6.18 Å². The Hall–Kier alpha value is -2.89. The number of nitrogens with one attached hydrogen (secondary N) is 1. The van der Waals surface area contributed by atoms with Crippen LogP contribution in [-0.4, -0.2) is 16.1 Å². The van der Waals surface area contributed by atoms with Gasteiger partial charge in [-0.1, -0.05) is 42.5 Å². The van der Waals surface area contributed by atoms with Gasteiger partial charge in [-0.15, -0.1) is 0 Å². The molecule has 0 fully saturated rings. The van der Waals surface area contributed by atoms with Crippen LogP contribution in [0.3, 0.4) is 0 Å². The van der Waals surface area contributed by atoms with Gasteiger partial charge in [0, 0.05) is 17.3 Å². The van der Waals surface area contributed by atoms with Crippen molar-refractivity contribution < 1.29 is 13.2 Å². The molecule has 0 spiro atoms. The van der Waals surface area contributed by atoms with E-state index < -0.39 is 11.7 Å². The Morgan fingerprint density at radius 3 is 2.13 bits per heavy atom. The quantitative estimate of drug-likeness (QED) is 0.553. The molecule has 0 aliphatic heterocycles. The van der Waals surface area contributed by atoms with Gasteiger partial charge in [0.05, 0.1) is 5.56 Å². The predicted molar refractivity (Wildman–Crippen MR) is 82.3 cm³/mol. The fraction of sp³-hybridized carbons (Fsp3) is 0.0588. The van der Waals surface area contributed by atoms with Crippen LogP contribution in [0.25, 0.3) is 22.4 Å². The van der Waals surface area contributed by atoms with Crippen molar-refractivity contribution in [1.29, 1.82) is 5.41 Å². The molecule has 0 saturated heterocycles. The second-order valence-electron chi connectivity index (χ2n) is 4.94. The number of alkyl halides is 3. The zero-order chi connectivity index (χ0) is 16.4. The first-order chi connectivity index (χ1) is 11.0. The third-order valence-corrected chi connectivity index (χ3v) is 3.43. The summed E-state index contributed by atoms with van der Waals surface area (Å²) < 4.78 is 39.4. The maximum absolute atomic E-state index is 12.7. The third kappa shape index (κ3) is 3.01. The second-order valence-corrected chi connectivity index (χ2v) is 4.94. The minimum atomic E-state index is -4.37. The fourth-order valence-corrected chi connectivity index (χ4v) is 2.32. The lowest BCUT2D eigenvalue weighted by molar-refractivity contribution is -0.137. The first-order valence-electron chi connectivity index (χ1n) is 6.82. The van der Waals surface area contributed by atoms with E-state index in [1.807, 2.05) is 30.3 Å². The Bertz CT molecular complexity index is 819. The number of rotatable bonds is 3. The van der Waals surface area contributed by atoms with E-state index >= 15 is 0 Å². The topological polar surface area (TPSA) is 41.7 Å². The molecule has 0 bridgehead atoms. The van der Waals surface area contributed by atoms with E-state index in [0.29, 0.717) is 11.3 Å². The third-order valence-electron chi connectivity index (χ3n) is 3.43. The summed E-state index contributed by atoms with van der Waals surface area (Å²) in [5, 5.41) is 11.6. The van der Waals surface area contributed by atoms with Crippen molar-refractivity contribution in [1.82, 2.24) is 9.78 Å². The smallest absolute Gasteiger partial charge is 0.289 e. The number of hydrogen-bond acceptors (Lipinski definition) is 2. The first-order valence-corrected chi connectivity index (χ1v) is 6.82. The Morgan fingerprint density at radius 1 is 0.913 bits per heavy atom. The molecule has 116 valence electrons. The highest BCUT2D eigenvalue weighted by molar-refractivity contribution is 5.81. The summed E-state index contributed by atoms with van der Waals surface area (Å²) >= 11 is 0. The molecule has 0 aliphatic rings. The maximum Gasteiger partial charge on any atom is 0.416 e. The summed E-state index contributed by atoms with van der Waals surface area (Å²) in [6, 6.07) is 14.3. The van der Waals surface area contributed by atoms with Gasteiger partial charge in [-0.05, 0) is 17.7 Å².